The second kappa shape index (κ2) is 20.1. The topological polar surface area (TPSA) is 59.1 Å². The molecule has 0 N–H and O–H groups in total. The molecular formula is C37H54N2O4. The van der Waals surface area contributed by atoms with Gasteiger partial charge in [0.25, 0.3) is 0 Å². The van der Waals surface area contributed by atoms with Crippen molar-refractivity contribution in [2.75, 3.05) is 39.4 Å². The average Bonchev–Trinajstić information content (AvgIpc) is 3.02. The van der Waals surface area contributed by atoms with Crippen molar-refractivity contribution < 1.29 is 19.1 Å². The maximum Gasteiger partial charge on any atom is 0.302 e. The van der Waals surface area contributed by atoms with Gasteiger partial charge in [0.2, 0.25) is 5.91 Å². The van der Waals surface area contributed by atoms with Gasteiger partial charge in [-0.2, -0.15) is 0 Å². The molecule has 6 nitrogen and oxygen atoms in total. The summed E-state index contributed by atoms with van der Waals surface area (Å²) in [5.74, 6) is 0.000119. The molecule has 1 atom stereocenters. The molecule has 3 rings (SSSR count). The Kier molecular flexibility index (Phi) is 16.1. The van der Waals surface area contributed by atoms with E-state index in [9.17, 15) is 9.59 Å². The number of esters is 1. The van der Waals surface area contributed by atoms with Gasteiger partial charge in [0.05, 0.1) is 6.61 Å². The molecule has 0 saturated carbocycles. The molecule has 2 aliphatic heterocycles. The molecule has 236 valence electrons. The summed E-state index contributed by atoms with van der Waals surface area (Å²) in [5, 5.41) is 0. The van der Waals surface area contributed by atoms with E-state index in [0.717, 1.165) is 110 Å². The van der Waals surface area contributed by atoms with E-state index in [1.54, 1.807) is 0 Å². The summed E-state index contributed by atoms with van der Waals surface area (Å²) < 4.78 is 11.4. The third-order valence-electron chi connectivity index (χ3n) is 8.41. The van der Waals surface area contributed by atoms with Crippen LogP contribution in [0, 0.1) is 5.92 Å². The molecule has 0 fully saturated rings. The monoisotopic (exact) mass is 590 g/mol. The molecule has 0 aromatic heterocycles. The minimum atomic E-state index is -0.253. The van der Waals surface area contributed by atoms with E-state index in [1.165, 1.54) is 29.2 Å². The maximum absolute atomic E-state index is 13.6. The first-order chi connectivity index (χ1) is 21.0. The molecule has 0 spiro atoms. The van der Waals surface area contributed by atoms with Crippen LogP contribution >= 0.6 is 0 Å². The molecule has 6 heteroatoms. The van der Waals surface area contributed by atoms with Crippen LogP contribution in [-0.2, 0) is 25.7 Å². The predicted molar refractivity (Wildman–Crippen MR) is 175 cm³/mol. The van der Waals surface area contributed by atoms with E-state index in [-0.39, 0.29) is 17.8 Å². The van der Waals surface area contributed by atoms with E-state index in [1.807, 2.05) is 35.3 Å². The van der Waals surface area contributed by atoms with E-state index in [0.29, 0.717) is 13.2 Å². The van der Waals surface area contributed by atoms with Gasteiger partial charge >= 0.3 is 5.97 Å². The molecular weight excluding hydrogens is 536 g/mol. The number of allylic oxidation sites excluding steroid dienone is 3. The van der Waals surface area contributed by atoms with Gasteiger partial charge in [0.1, 0.15) is 6.61 Å². The summed E-state index contributed by atoms with van der Waals surface area (Å²) in [5.41, 5.74) is 4.94. The number of amides is 1. The number of ether oxygens (including phenoxy) is 2. The zero-order valence-corrected chi connectivity index (χ0v) is 26.6. The number of carbonyl (C=O) groups is 2. The van der Waals surface area contributed by atoms with E-state index in [4.69, 9.17) is 9.47 Å². The van der Waals surface area contributed by atoms with Gasteiger partial charge in [0.15, 0.2) is 0 Å². The first kappa shape index (κ1) is 34.5. The molecule has 1 unspecified atom stereocenters. The van der Waals surface area contributed by atoms with E-state index >= 15 is 0 Å². The van der Waals surface area contributed by atoms with Crippen LogP contribution in [0.4, 0.5) is 0 Å². The third kappa shape index (κ3) is 12.7. The summed E-state index contributed by atoms with van der Waals surface area (Å²) in [4.78, 5) is 29.8. The van der Waals surface area contributed by atoms with Crippen molar-refractivity contribution in [1.29, 1.82) is 0 Å². The first-order valence-electron chi connectivity index (χ1n) is 16.4. The number of nitrogens with zero attached hydrogens (tertiary/aromatic N) is 2. The molecule has 0 saturated heterocycles. The summed E-state index contributed by atoms with van der Waals surface area (Å²) in [6, 6.07) is 10.3. The summed E-state index contributed by atoms with van der Waals surface area (Å²) in [6.07, 6.45) is 18.0. The molecule has 0 aliphatic carbocycles. The predicted octanol–water partition coefficient (Wildman–Crippen LogP) is 7.77. The summed E-state index contributed by atoms with van der Waals surface area (Å²) in [6.45, 7) is 14.4. The van der Waals surface area contributed by atoms with Crippen molar-refractivity contribution >= 4 is 11.9 Å². The van der Waals surface area contributed by atoms with Crippen LogP contribution in [0.1, 0.15) is 89.5 Å². The van der Waals surface area contributed by atoms with Crippen molar-refractivity contribution in [2.45, 2.75) is 90.6 Å². The number of hydrogen-bond acceptors (Lipinski definition) is 5. The minimum absolute atomic E-state index is 0.00145. The van der Waals surface area contributed by atoms with Crippen LogP contribution in [0.15, 0.2) is 78.6 Å². The number of rotatable bonds is 21. The Morgan fingerprint density at radius 1 is 0.953 bits per heavy atom. The lowest BCUT2D eigenvalue weighted by Crippen LogP contribution is -2.39. The molecule has 1 aromatic rings. The molecule has 2 heterocycles. The lowest BCUT2D eigenvalue weighted by Gasteiger charge is -2.36. The standard InChI is InChI=1S/C37H54N2O4/c1-4-6-8-14-20-33-26-34(36-21-24-38(22-15-9-7-5-2)27-35(36)30-43-31(3)40)28-39(37(33)41)23-16-11-17-25-42-29-32-18-12-10-13-19-32/h4-5,10,12-13,18-19,28,33H,1-2,6-9,11,14-17,20-27,29-30H2,3H3. The van der Waals surface area contributed by atoms with Gasteiger partial charge in [-0.25, -0.2) is 0 Å². The maximum atomic E-state index is 13.6. The van der Waals surface area contributed by atoms with Crippen LogP contribution in [0.2, 0.25) is 0 Å². The first-order valence-corrected chi connectivity index (χ1v) is 16.4. The molecule has 1 aromatic carbocycles. The molecule has 2 aliphatic rings. The van der Waals surface area contributed by atoms with Crippen molar-refractivity contribution in [2.24, 2.45) is 5.92 Å². The van der Waals surface area contributed by atoms with Gasteiger partial charge in [0, 0.05) is 45.3 Å². The average molecular weight is 591 g/mol. The zero-order chi connectivity index (χ0) is 30.7. The molecule has 43 heavy (non-hydrogen) atoms. The van der Waals surface area contributed by atoms with Gasteiger partial charge in [-0.05, 0) is 99.5 Å². The summed E-state index contributed by atoms with van der Waals surface area (Å²) in [7, 11) is 0. The van der Waals surface area contributed by atoms with Crippen molar-refractivity contribution in [3.05, 3.63) is 84.1 Å². The number of unbranched alkanes of at least 4 members (excludes halogenated alkanes) is 6. The van der Waals surface area contributed by atoms with Gasteiger partial charge in [-0.3, -0.25) is 14.5 Å². The van der Waals surface area contributed by atoms with E-state index < -0.39 is 0 Å². The normalized spacial score (nSPS) is 17.6. The Hall–Kier alpha value is -2.96. The fraction of sp³-hybridized carbons (Fsp3) is 0.568. The van der Waals surface area contributed by atoms with Gasteiger partial charge in [-0.15, -0.1) is 13.2 Å². The Balaban J connectivity index is 1.65. The Bertz CT molecular complexity index is 1080. The smallest absolute Gasteiger partial charge is 0.302 e. The highest BCUT2D eigenvalue weighted by molar-refractivity contribution is 5.82. The van der Waals surface area contributed by atoms with Crippen LogP contribution < -0.4 is 0 Å². The number of hydrogen-bond donors (Lipinski definition) is 0. The van der Waals surface area contributed by atoms with Crippen LogP contribution in [-0.4, -0.2) is 61.1 Å². The quantitative estimate of drug-likeness (QED) is 0.0832. The van der Waals surface area contributed by atoms with Crippen LogP contribution in [0.5, 0.6) is 0 Å². The van der Waals surface area contributed by atoms with Crippen LogP contribution in [0.3, 0.4) is 0 Å². The van der Waals surface area contributed by atoms with E-state index in [2.05, 4.69) is 36.4 Å². The fourth-order valence-electron chi connectivity index (χ4n) is 6.01. The zero-order valence-electron chi connectivity index (χ0n) is 26.6. The lowest BCUT2D eigenvalue weighted by molar-refractivity contribution is -0.140. The van der Waals surface area contributed by atoms with Crippen molar-refractivity contribution in [3.63, 3.8) is 0 Å². The SMILES string of the molecule is C=CCCCCC1CC(C2=C(COC(C)=O)CN(CCCCC=C)CC2)=CN(CCCCCOCc2ccccc2)C1=O. The molecule has 1 amide bonds. The highest BCUT2D eigenvalue weighted by atomic mass is 16.5. The second-order valence-electron chi connectivity index (χ2n) is 11.9. The van der Waals surface area contributed by atoms with Crippen molar-refractivity contribution in [1.82, 2.24) is 9.80 Å². The Labute approximate surface area is 260 Å². The largest absolute Gasteiger partial charge is 0.461 e. The van der Waals surface area contributed by atoms with Gasteiger partial charge in [-0.1, -0.05) is 48.9 Å². The van der Waals surface area contributed by atoms with Crippen molar-refractivity contribution in [3.8, 4) is 0 Å². The lowest BCUT2D eigenvalue weighted by atomic mass is 9.83. The third-order valence-corrected chi connectivity index (χ3v) is 8.41. The highest BCUT2D eigenvalue weighted by Gasteiger charge is 2.32. The van der Waals surface area contributed by atoms with Gasteiger partial charge < -0.3 is 14.4 Å². The number of benzene rings is 1. The second-order valence-corrected chi connectivity index (χ2v) is 11.9. The highest BCUT2D eigenvalue weighted by Crippen LogP contribution is 2.35. The minimum Gasteiger partial charge on any atom is -0.461 e. The summed E-state index contributed by atoms with van der Waals surface area (Å²) >= 11 is 0. The fourth-order valence-corrected chi connectivity index (χ4v) is 6.01. The number of carbonyl (C=O) groups excluding carboxylic acids is 2. The Morgan fingerprint density at radius 3 is 2.44 bits per heavy atom. The van der Waals surface area contributed by atoms with Crippen LogP contribution in [0.25, 0.3) is 0 Å². The Morgan fingerprint density at radius 2 is 1.70 bits per heavy atom. The molecule has 0 radical (unpaired) electrons. The molecule has 0 bridgehead atoms.